The van der Waals surface area contributed by atoms with Crippen molar-refractivity contribution in [2.75, 3.05) is 0 Å². The Balaban J connectivity index is 2.92. The van der Waals surface area contributed by atoms with Gasteiger partial charge in [0, 0.05) is 18.8 Å². The van der Waals surface area contributed by atoms with E-state index in [1.165, 1.54) is 4.98 Å². The molecule has 0 saturated heterocycles. The maximum atomic E-state index is 7.10. The quantitative estimate of drug-likeness (QED) is 0.555. The summed E-state index contributed by atoms with van der Waals surface area (Å²) in [5.41, 5.74) is 0. The summed E-state index contributed by atoms with van der Waals surface area (Å²) in [6.45, 7) is 1.98. The fourth-order valence-corrected chi connectivity index (χ4v) is 0.455. The zero-order valence-corrected chi connectivity index (χ0v) is 4.26. The second-order valence-electron chi connectivity index (χ2n) is 1.33. The summed E-state index contributed by atoms with van der Waals surface area (Å²) >= 11 is 0. The van der Waals surface area contributed by atoms with E-state index in [4.69, 9.17) is 1.41 Å². The van der Waals surface area contributed by atoms with Gasteiger partial charge in [0.25, 0.3) is 0 Å². The molecule has 7 heavy (non-hydrogen) atoms. The molecule has 0 atom stereocenters. The van der Waals surface area contributed by atoms with Crippen molar-refractivity contribution in [2.24, 2.45) is 0 Å². The van der Waals surface area contributed by atoms with E-state index in [-0.39, 0.29) is 0 Å². The van der Waals surface area contributed by atoms with Gasteiger partial charge in [-0.2, -0.15) is 0 Å². The summed E-state index contributed by atoms with van der Waals surface area (Å²) in [7, 11) is 0. The Bertz CT molecular complexity index is 171. The number of hydrogen-bond acceptors (Lipinski definition) is 1. The fraction of sp³-hybridized carbons (Fsp3) is 0.400. The van der Waals surface area contributed by atoms with Crippen LogP contribution in [0.1, 0.15) is 12.7 Å². The number of imidazole rings is 1. The molecular formula is C5H8N2. The highest BCUT2D eigenvalue weighted by atomic mass is 14.9. The number of rotatable bonds is 1. The molecule has 0 radical (unpaired) electrons. The first-order valence-electron chi connectivity index (χ1n) is 2.80. The molecule has 0 aliphatic rings. The molecule has 0 aromatic carbocycles. The largest absolute Gasteiger partial charge is 0.349 e. The molecule has 0 bridgehead atoms. The SMILES string of the molecule is [2H]n1ccnc1CC. The third kappa shape index (κ3) is 0.796. The van der Waals surface area contributed by atoms with Crippen LogP contribution in [0, 0.1) is 0 Å². The van der Waals surface area contributed by atoms with Crippen LogP contribution in [0.2, 0.25) is 1.41 Å². The molecule has 2 heteroatoms. The van der Waals surface area contributed by atoms with E-state index in [0.29, 0.717) is 0 Å². The zero-order valence-electron chi connectivity index (χ0n) is 5.26. The van der Waals surface area contributed by atoms with Crippen molar-refractivity contribution in [3.05, 3.63) is 18.2 Å². The van der Waals surface area contributed by atoms with E-state index >= 15 is 0 Å². The summed E-state index contributed by atoms with van der Waals surface area (Å²) in [6, 6.07) is 0. The normalized spacial score (nSPS) is 11.3. The minimum Gasteiger partial charge on any atom is -0.349 e. The molecule has 1 heterocycles. The van der Waals surface area contributed by atoms with Gasteiger partial charge in [0.05, 0.1) is 0 Å². The van der Waals surface area contributed by atoms with Crippen molar-refractivity contribution in [3.8, 4) is 0 Å². The molecule has 0 saturated carbocycles. The van der Waals surface area contributed by atoms with E-state index in [2.05, 4.69) is 4.98 Å². The topological polar surface area (TPSA) is 28.7 Å². The molecule has 0 spiro atoms. The Morgan fingerprint density at radius 1 is 2.14 bits per heavy atom. The summed E-state index contributed by atoms with van der Waals surface area (Å²) in [4.78, 5) is 5.19. The number of hydrogen-bond donors (Lipinski definition) is 1. The second kappa shape index (κ2) is 1.78. The van der Waals surface area contributed by atoms with E-state index in [1.807, 2.05) is 6.92 Å². The molecule has 1 rings (SSSR count). The van der Waals surface area contributed by atoms with E-state index < -0.39 is 0 Å². The fourth-order valence-electron chi connectivity index (χ4n) is 0.455. The van der Waals surface area contributed by atoms with Crippen molar-refractivity contribution in [2.45, 2.75) is 13.3 Å². The average molecular weight is 97.1 g/mol. The van der Waals surface area contributed by atoms with Crippen LogP contribution >= 0.6 is 0 Å². The molecule has 2 nitrogen and oxygen atoms in total. The van der Waals surface area contributed by atoms with Crippen LogP contribution in [-0.2, 0) is 6.42 Å². The van der Waals surface area contributed by atoms with Gasteiger partial charge in [0.2, 0.25) is 0 Å². The third-order valence-corrected chi connectivity index (χ3v) is 0.830. The molecule has 0 fully saturated rings. The minimum atomic E-state index is 0.810. The zero-order chi connectivity index (χ0) is 5.98. The number of aromatic nitrogens is 2. The van der Waals surface area contributed by atoms with E-state index in [9.17, 15) is 0 Å². The first kappa shape index (κ1) is 3.24. The third-order valence-electron chi connectivity index (χ3n) is 0.830. The number of H-pyrrole nitrogens is 1. The van der Waals surface area contributed by atoms with Gasteiger partial charge < -0.3 is 4.98 Å². The Hall–Kier alpha value is -0.790. The van der Waals surface area contributed by atoms with Crippen LogP contribution in [0.5, 0.6) is 0 Å². The number of nitrogens with zero attached hydrogens (tertiary/aromatic N) is 1. The molecular weight excluding hydrogens is 88.1 g/mol. The lowest BCUT2D eigenvalue weighted by molar-refractivity contribution is 0.990. The highest BCUT2D eigenvalue weighted by Gasteiger charge is 1.82. The van der Waals surface area contributed by atoms with Gasteiger partial charge in [-0.1, -0.05) is 6.92 Å². The summed E-state index contributed by atoms with van der Waals surface area (Å²) in [5, 5.41) is 0. The molecule has 1 N–H and O–H groups in total. The van der Waals surface area contributed by atoms with Crippen molar-refractivity contribution in [3.63, 3.8) is 0 Å². The maximum Gasteiger partial charge on any atom is 0.167 e. The number of nitrogens with one attached hydrogen (secondary N) is 1. The Labute approximate surface area is 44.1 Å². The molecule has 1 aromatic rings. The summed E-state index contributed by atoms with van der Waals surface area (Å²) in [6.07, 6.45) is 4.08. The van der Waals surface area contributed by atoms with Gasteiger partial charge in [-0.05, 0) is 0 Å². The first-order valence-corrected chi connectivity index (χ1v) is 2.36. The van der Waals surface area contributed by atoms with Gasteiger partial charge in [-0.3, -0.25) is 0 Å². The monoisotopic (exact) mass is 97.1 g/mol. The van der Waals surface area contributed by atoms with Gasteiger partial charge >= 0.3 is 0 Å². The molecule has 38 valence electrons. The molecule has 0 unspecified atom stereocenters. The molecule has 1 aromatic heterocycles. The van der Waals surface area contributed by atoms with Crippen LogP contribution in [-0.4, -0.2) is 9.96 Å². The minimum absolute atomic E-state index is 0.810. The maximum absolute atomic E-state index is 7.10. The smallest absolute Gasteiger partial charge is 0.167 e. The Morgan fingerprint density at radius 2 is 3.00 bits per heavy atom. The van der Waals surface area contributed by atoms with Crippen molar-refractivity contribution < 1.29 is 1.41 Å². The highest BCUT2D eigenvalue weighted by Crippen LogP contribution is 1.85. The molecule has 0 amide bonds. The second-order valence-corrected chi connectivity index (χ2v) is 1.33. The van der Waals surface area contributed by atoms with Crippen LogP contribution < -0.4 is 0 Å². The van der Waals surface area contributed by atoms with Gasteiger partial charge in [0.15, 0.2) is 1.41 Å². The number of aryl methyl sites for hydroxylation is 1. The average Bonchev–Trinajstić information content (AvgIpc) is 2.14. The molecule has 0 aliphatic heterocycles. The predicted molar refractivity (Wildman–Crippen MR) is 28.0 cm³/mol. The van der Waals surface area contributed by atoms with Crippen LogP contribution in [0.25, 0.3) is 0 Å². The summed E-state index contributed by atoms with van der Waals surface area (Å²) < 4.78 is 7.10. The van der Waals surface area contributed by atoms with E-state index in [1.54, 1.807) is 12.4 Å². The van der Waals surface area contributed by atoms with Crippen molar-refractivity contribution in [1.29, 1.82) is 0 Å². The predicted octanol–water partition coefficient (Wildman–Crippen LogP) is 0.972. The molecule has 0 aliphatic carbocycles. The van der Waals surface area contributed by atoms with Crippen LogP contribution in [0.3, 0.4) is 0 Å². The van der Waals surface area contributed by atoms with Crippen molar-refractivity contribution >= 4 is 0 Å². The number of aromatic amines is 1. The van der Waals surface area contributed by atoms with Gasteiger partial charge in [-0.15, -0.1) is 0 Å². The van der Waals surface area contributed by atoms with Crippen LogP contribution in [0.15, 0.2) is 12.4 Å². The van der Waals surface area contributed by atoms with Gasteiger partial charge in [0.1, 0.15) is 5.82 Å². The summed E-state index contributed by atoms with van der Waals surface area (Å²) in [5.74, 6) is 0.810. The van der Waals surface area contributed by atoms with Crippen molar-refractivity contribution in [1.82, 2.24) is 9.96 Å². The lowest BCUT2D eigenvalue weighted by atomic mass is 10.5. The van der Waals surface area contributed by atoms with Crippen LogP contribution in [0.4, 0.5) is 0 Å². The standard InChI is InChI=1S/C5H8N2/c1-2-5-6-3-4-7-5/h3-4H,2H2,1H3,(H,6,7)/i/hD. The lowest BCUT2D eigenvalue weighted by Crippen LogP contribution is -1.78. The highest BCUT2D eigenvalue weighted by molar-refractivity contribution is 4.84. The Kier molecular flexibility index (Phi) is 0.823. The Morgan fingerprint density at radius 3 is 3.29 bits per heavy atom. The lowest BCUT2D eigenvalue weighted by Gasteiger charge is -1.79. The van der Waals surface area contributed by atoms with Gasteiger partial charge in [-0.25, -0.2) is 4.98 Å². The van der Waals surface area contributed by atoms with E-state index in [0.717, 1.165) is 12.2 Å². The first-order chi connectivity index (χ1) is 3.84.